The van der Waals surface area contributed by atoms with Crippen LogP contribution in [0.1, 0.15) is 19.4 Å². The van der Waals surface area contributed by atoms with Gasteiger partial charge in [0.2, 0.25) is 11.4 Å². The Balaban J connectivity index is 2.06. The van der Waals surface area contributed by atoms with Crippen molar-refractivity contribution in [3.8, 4) is 0 Å². The minimum atomic E-state index is -4.23. The number of hydrogen-bond acceptors (Lipinski definition) is 6. The Morgan fingerprint density at radius 3 is 2.41 bits per heavy atom. The molecule has 29 heavy (non-hydrogen) atoms. The summed E-state index contributed by atoms with van der Waals surface area (Å²) < 4.78 is 65.4. The van der Waals surface area contributed by atoms with Crippen molar-refractivity contribution in [2.75, 3.05) is 0 Å². The number of carbonyl (C=O) groups excluding carboxylic acids is 2. The molecule has 1 atom stereocenters. The van der Waals surface area contributed by atoms with E-state index in [0.717, 1.165) is 32.0 Å². The summed E-state index contributed by atoms with van der Waals surface area (Å²) in [4.78, 5) is 24.1. The second-order valence-electron chi connectivity index (χ2n) is 6.26. The predicted octanol–water partition coefficient (Wildman–Crippen LogP) is 2.49. The van der Waals surface area contributed by atoms with E-state index in [0.29, 0.717) is 0 Å². The van der Waals surface area contributed by atoms with Crippen LogP contribution in [0.15, 0.2) is 65.1 Å². The SMILES string of the molecule is CC(=O)OC1=C(NS(=O)(=O)c2ccccc2)OC(C)(c2cc(F)ccc2F)C1=O. The first-order chi connectivity index (χ1) is 13.5. The fourth-order valence-corrected chi connectivity index (χ4v) is 3.75. The summed E-state index contributed by atoms with van der Waals surface area (Å²) in [5.74, 6) is -5.26. The highest BCUT2D eigenvalue weighted by molar-refractivity contribution is 7.89. The topological polar surface area (TPSA) is 98.8 Å². The highest BCUT2D eigenvalue weighted by atomic mass is 32.2. The molecule has 0 saturated carbocycles. The molecule has 0 aromatic heterocycles. The van der Waals surface area contributed by atoms with Crippen LogP contribution in [0.5, 0.6) is 0 Å². The van der Waals surface area contributed by atoms with Gasteiger partial charge in [0.25, 0.3) is 21.7 Å². The van der Waals surface area contributed by atoms with Crippen LogP contribution in [-0.4, -0.2) is 20.2 Å². The minimum Gasteiger partial charge on any atom is -0.456 e. The summed E-state index contributed by atoms with van der Waals surface area (Å²) in [6.45, 7) is 2.10. The Kier molecular flexibility index (Phi) is 5.14. The zero-order valence-electron chi connectivity index (χ0n) is 15.2. The molecule has 152 valence electrons. The smallest absolute Gasteiger partial charge is 0.308 e. The molecule has 0 amide bonds. The van der Waals surface area contributed by atoms with Crippen molar-refractivity contribution in [3.63, 3.8) is 0 Å². The number of hydrogen-bond donors (Lipinski definition) is 1. The quantitative estimate of drug-likeness (QED) is 0.742. The lowest BCUT2D eigenvalue weighted by Crippen LogP contribution is -2.33. The average molecular weight is 423 g/mol. The number of esters is 1. The average Bonchev–Trinajstić information content (AvgIpc) is 2.88. The van der Waals surface area contributed by atoms with Gasteiger partial charge in [-0.05, 0) is 37.3 Å². The fraction of sp³-hybridized carbons (Fsp3) is 0.158. The lowest BCUT2D eigenvalue weighted by Gasteiger charge is -2.24. The zero-order chi connectivity index (χ0) is 21.4. The standard InChI is InChI=1S/C19H15F2NO6S/c1-11(23)27-16-17(24)19(2,14-10-12(20)8-9-15(14)21)28-18(16)22-29(25,26)13-6-4-3-5-7-13/h3-10,22H,1-2H3. The van der Waals surface area contributed by atoms with Crippen LogP contribution < -0.4 is 4.72 Å². The first kappa shape index (κ1) is 20.5. The van der Waals surface area contributed by atoms with E-state index >= 15 is 0 Å². The molecule has 0 saturated heterocycles. The molecular weight excluding hydrogens is 408 g/mol. The summed E-state index contributed by atoms with van der Waals surface area (Å²) in [6, 6.07) is 9.51. The largest absolute Gasteiger partial charge is 0.456 e. The minimum absolute atomic E-state index is 0.156. The highest BCUT2D eigenvalue weighted by Gasteiger charge is 2.51. The molecule has 7 nitrogen and oxygen atoms in total. The Hall–Kier alpha value is -3.27. The van der Waals surface area contributed by atoms with E-state index in [1.807, 2.05) is 4.72 Å². The molecule has 1 aliphatic rings. The van der Waals surface area contributed by atoms with Gasteiger partial charge in [-0.3, -0.25) is 9.59 Å². The van der Waals surface area contributed by atoms with Crippen molar-refractivity contribution >= 4 is 21.8 Å². The monoisotopic (exact) mass is 423 g/mol. The maximum Gasteiger partial charge on any atom is 0.308 e. The van der Waals surface area contributed by atoms with Gasteiger partial charge in [0.1, 0.15) is 11.6 Å². The van der Waals surface area contributed by atoms with E-state index in [9.17, 15) is 26.8 Å². The van der Waals surface area contributed by atoms with Gasteiger partial charge in [-0.25, -0.2) is 21.9 Å². The van der Waals surface area contributed by atoms with Gasteiger partial charge in [0, 0.05) is 12.5 Å². The van der Waals surface area contributed by atoms with E-state index in [2.05, 4.69) is 0 Å². The number of halogens is 2. The molecule has 2 aromatic rings. The molecule has 10 heteroatoms. The van der Waals surface area contributed by atoms with Gasteiger partial charge in [0.05, 0.1) is 4.90 Å². The zero-order valence-corrected chi connectivity index (χ0v) is 16.0. The third-order valence-corrected chi connectivity index (χ3v) is 5.47. The van der Waals surface area contributed by atoms with Gasteiger partial charge in [-0.15, -0.1) is 0 Å². The molecule has 3 rings (SSSR count). The molecule has 0 spiro atoms. The summed E-state index contributed by atoms with van der Waals surface area (Å²) in [6.07, 6.45) is 0. The van der Waals surface area contributed by atoms with Crippen LogP contribution >= 0.6 is 0 Å². The van der Waals surface area contributed by atoms with Gasteiger partial charge in [0.15, 0.2) is 0 Å². The Labute approximate surface area is 165 Å². The van der Waals surface area contributed by atoms with Crippen LogP contribution in [-0.2, 0) is 34.7 Å². The third-order valence-electron chi connectivity index (χ3n) is 4.12. The first-order valence-corrected chi connectivity index (χ1v) is 9.73. The fourth-order valence-electron chi connectivity index (χ4n) is 2.74. The molecule has 1 aliphatic heterocycles. The van der Waals surface area contributed by atoms with E-state index in [1.54, 1.807) is 6.07 Å². The highest BCUT2D eigenvalue weighted by Crippen LogP contribution is 2.40. The summed E-state index contributed by atoms with van der Waals surface area (Å²) in [5.41, 5.74) is -2.65. The predicted molar refractivity (Wildman–Crippen MR) is 95.4 cm³/mol. The Morgan fingerprint density at radius 1 is 1.14 bits per heavy atom. The molecule has 1 heterocycles. The number of carbonyl (C=O) groups is 2. The number of benzene rings is 2. The van der Waals surface area contributed by atoms with E-state index in [1.165, 1.54) is 24.3 Å². The molecule has 0 bridgehead atoms. The third kappa shape index (κ3) is 3.83. The summed E-state index contributed by atoms with van der Waals surface area (Å²) in [7, 11) is -4.23. The molecule has 1 unspecified atom stereocenters. The molecule has 0 fully saturated rings. The molecule has 1 N–H and O–H groups in total. The van der Waals surface area contributed by atoms with Crippen molar-refractivity contribution in [2.45, 2.75) is 24.3 Å². The second-order valence-corrected chi connectivity index (χ2v) is 7.94. The number of sulfonamides is 1. The van der Waals surface area contributed by atoms with E-state index in [4.69, 9.17) is 9.47 Å². The molecule has 0 aliphatic carbocycles. The number of Topliss-reactive ketones (excluding diaryl/α,β-unsaturated/α-hetero) is 1. The van der Waals surface area contributed by atoms with Gasteiger partial charge in [-0.2, -0.15) is 0 Å². The van der Waals surface area contributed by atoms with Crippen molar-refractivity contribution in [2.24, 2.45) is 0 Å². The molecule has 0 radical (unpaired) electrons. The van der Waals surface area contributed by atoms with E-state index < -0.39 is 56.2 Å². The number of ether oxygens (including phenoxy) is 2. The second kappa shape index (κ2) is 7.28. The maximum atomic E-state index is 14.3. The van der Waals surface area contributed by atoms with Crippen LogP contribution in [0.3, 0.4) is 0 Å². The van der Waals surface area contributed by atoms with E-state index in [-0.39, 0.29) is 4.90 Å². The lowest BCUT2D eigenvalue weighted by molar-refractivity contribution is -0.142. The Bertz CT molecular complexity index is 1130. The maximum absolute atomic E-state index is 14.3. The molecule has 2 aromatic carbocycles. The lowest BCUT2D eigenvalue weighted by atomic mass is 9.91. The number of ketones is 1. The van der Waals surface area contributed by atoms with Gasteiger partial charge >= 0.3 is 5.97 Å². The first-order valence-electron chi connectivity index (χ1n) is 8.24. The molecular formula is C19H15F2NO6S. The van der Waals surface area contributed by atoms with Crippen molar-refractivity contribution in [1.82, 2.24) is 4.72 Å². The van der Waals surface area contributed by atoms with Crippen molar-refractivity contribution < 1.29 is 36.3 Å². The van der Waals surface area contributed by atoms with Crippen LogP contribution in [0.4, 0.5) is 8.78 Å². The number of nitrogens with one attached hydrogen (secondary N) is 1. The van der Waals surface area contributed by atoms with Crippen LogP contribution in [0, 0.1) is 11.6 Å². The van der Waals surface area contributed by atoms with Crippen molar-refractivity contribution in [3.05, 3.63) is 77.4 Å². The number of rotatable bonds is 5. The summed E-state index contributed by atoms with van der Waals surface area (Å²) in [5, 5.41) is 0. The van der Waals surface area contributed by atoms with Crippen LogP contribution in [0.2, 0.25) is 0 Å². The van der Waals surface area contributed by atoms with Gasteiger partial charge < -0.3 is 9.47 Å². The van der Waals surface area contributed by atoms with Crippen LogP contribution in [0.25, 0.3) is 0 Å². The summed E-state index contributed by atoms with van der Waals surface area (Å²) >= 11 is 0. The van der Waals surface area contributed by atoms with Crippen molar-refractivity contribution in [1.29, 1.82) is 0 Å². The van der Waals surface area contributed by atoms with Gasteiger partial charge in [-0.1, -0.05) is 18.2 Å². The Morgan fingerprint density at radius 2 is 1.79 bits per heavy atom. The normalized spacial score (nSPS) is 19.1.